The number of halogens is 2. The Balaban J connectivity index is 2.77. The zero-order chi connectivity index (χ0) is 12.1. The molecule has 1 aromatic carbocycles. The summed E-state index contributed by atoms with van der Waals surface area (Å²) in [5, 5.41) is 13.2. The fourth-order valence-corrected chi connectivity index (χ4v) is 1.33. The largest absolute Gasteiger partial charge is 0.409 e. The van der Waals surface area contributed by atoms with Gasteiger partial charge in [0, 0.05) is 4.47 Å². The second-order valence-electron chi connectivity index (χ2n) is 2.90. The smallest absolute Gasteiger partial charge is 0.254 e. The average molecular weight is 290 g/mol. The van der Waals surface area contributed by atoms with Gasteiger partial charge in [0.15, 0.2) is 5.84 Å². The Morgan fingerprint density at radius 3 is 2.94 bits per heavy atom. The topological polar surface area (TPSA) is 87.7 Å². The zero-order valence-electron chi connectivity index (χ0n) is 8.08. The Bertz CT molecular complexity index is 437. The van der Waals surface area contributed by atoms with E-state index in [1.807, 2.05) is 0 Å². The molecule has 5 nitrogen and oxygen atoms in total. The number of hydrogen-bond acceptors (Lipinski definition) is 3. The van der Waals surface area contributed by atoms with Crippen LogP contribution in [0.1, 0.15) is 10.4 Å². The number of carbonyl (C=O) groups excluding carboxylic acids is 1. The van der Waals surface area contributed by atoms with E-state index in [1.54, 1.807) is 0 Å². The monoisotopic (exact) mass is 289 g/mol. The molecule has 0 aliphatic heterocycles. The quantitative estimate of drug-likeness (QED) is 0.337. The van der Waals surface area contributed by atoms with E-state index in [2.05, 4.69) is 26.4 Å². The van der Waals surface area contributed by atoms with Gasteiger partial charge in [-0.05, 0) is 18.2 Å². The lowest BCUT2D eigenvalue weighted by Gasteiger charge is -2.05. The molecule has 16 heavy (non-hydrogen) atoms. The van der Waals surface area contributed by atoms with Crippen molar-refractivity contribution in [3.05, 3.63) is 34.1 Å². The number of oxime groups is 1. The number of nitrogens with two attached hydrogens (primary N) is 1. The second kappa shape index (κ2) is 5.45. The van der Waals surface area contributed by atoms with E-state index in [1.165, 1.54) is 18.2 Å². The molecule has 1 amide bonds. The first kappa shape index (κ1) is 12.4. The summed E-state index contributed by atoms with van der Waals surface area (Å²) in [4.78, 5) is 11.5. The van der Waals surface area contributed by atoms with Crippen LogP contribution in [0.5, 0.6) is 0 Å². The fraction of sp³-hybridized carbons (Fsp3) is 0.111. The van der Waals surface area contributed by atoms with Crippen LogP contribution in [0.4, 0.5) is 4.39 Å². The predicted octanol–water partition coefficient (Wildman–Crippen LogP) is 1.06. The minimum atomic E-state index is -0.639. The maximum absolute atomic E-state index is 13.2. The minimum absolute atomic E-state index is 0.111. The van der Waals surface area contributed by atoms with Gasteiger partial charge in [0.25, 0.3) is 5.91 Å². The molecule has 7 heteroatoms. The molecule has 0 radical (unpaired) electrons. The predicted molar refractivity (Wildman–Crippen MR) is 59.8 cm³/mol. The first-order valence-electron chi connectivity index (χ1n) is 4.24. The molecule has 0 spiro atoms. The summed E-state index contributed by atoms with van der Waals surface area (Å²) in [5.41, 5.74) is 5.04. The van der Waals surface area contributed by atoms with Crippen LogP contribution < -0.4 is 11.1 Å². The highest BCUT2D eigenvalue weighted by Gasteiger charge is 2.11. The Morgan fingerprint density at radius 1 is 1.62 bits per heavy atom. The molecular weight excluding hydrogens is 281 g/mol. The van der Waals surface area contributed by atoms with Crippen molar-refractivity contribution >= 4 is 27.7 Å². The SMILES string of the molecule is N/C(CNC(=O)c1cc(Br)ccc1F)=N\O. The van der Waals surface area contributed by atoms with Gasteiger partial charge in [-0.25, -0.2) is 4.39 Å². The summed E-state index contributed by atoms with van der Waals surface area (Å²) < 4.78 is 13.8. The summed E-state index contributed by atoms with van der Waals surface area (Å²) in [5.74, 6) is -1.44. The Labute approximate surface area is 99.3 Å². The van der Waals surface area contributed by atoms with Gasteiger partial charge in [0.05, 0.1) is 12.1 Å². The van der Waals surface area contributed by atoms with Crippen molar-refractivity contribution in [1.29, 1.82) is 0 Å². The molecule has 0 unspecified atom stereocenters. The summed E-state index contributed by atoms with van der Waals surface area (Å²) in [6.07, 6.45) is 0. The van der Waals surface area contributed by atoms with E-state index in [4.69, 9.17) is 10.9 Å². The van der Waals surface area contributed by atoms with Gasteiger partial charge in [0.1, 0.15) is 5.82 Å². The van der Waals surface area contributed by atoms with Crippen molar-refractivity contribution in [2.45, 2.75) is 0 Å². The summed E-state index contributed by atoms with van der Waals surface area (Å²) >= 11 is 3.12. The van der Waals surface area contributed by atoms with Crippen LogP contribution in [-0.2, 0) is 0 Å². The average Bonchev–Trinajstić information content (AvgIpc) is 2.28. The Morgan fingerprint density at radius 2 is 2.31 bits per heavy atom. The third-order valence-electron chi connectivity index (χ3n) is 1.73. The van der Waals surface area contributed by atoms with Gasteiger partial charge in [0.2, 0.25) is 0 Å². The normalized spacial score (nSPS) is 11.2. The lowest BCUT2D eigenvalue weighted by Crippen LogP contribution is -2.34. The van der Waals surface area contributed by atoms with Gasteiger partial charge in [-0.1, -0.05) is 21.1 Å². The molecule has 0 aliphatic rings. The molecule has 86 valence electrons. The maximum Gasteiger partial charge on any atom is 0.254 e. The van der Waals surface area contributed by atoms with Crippen LogP contribution in [-0.4, -0.2) is 23.5 Å². The van der Waals surface area contributed by atoms with Crippen LogP contribution in [0.3, 0.4) is 0 Å². The number of nitrogens with one attached hydrogen (secondary N) is 1. The van der Waals surface area contributed by atoms with E-state index in [0.29, 0.717) is 4.47 Å². The second-order valence-corrected chi connectivity index (χ2v) is 3.81. The Hall–Kier alpha value is -1.63. The molecule has 0 bridgehead atoms. The van der Waals surface area contributed by atoms with Crippen molar-refractivity contribution in [2.24, 2.45) is 10.9 Å². The molecule has 1 rings (SSSR count). The molecule has 1 aromatic rings. The number of carbonyl (C=O) groups is 1. The van der Waals surface area contributed by atoms with Gasteiger partial charge in [-0.3, -0.25) is 4.79 Å². The number of nitrogens with zero attached hydrogens (tertiary/aromatic N) is 1. The van der Waals surface area contributed by atoms with Gasteiger partial charge >= 0.3 is 0 Å². The molecule has 0 fully saturated rings. The third-order valence-corrected chi connectivity index (χ3v) is 2.22. The molecule has 0 saturated carbocycles. The minimum Gasteiger partial charge on any atom is -0.409 e. The number of rotatable bonds is 3. The van der Waals surface area contributed by atoms with Crippen molar-refractivity contribution < 1.29 is 14.4 Å². The van der Waals surface area contributed by atoms with Crippen LogP contribution in [0.2, 0.25) is 0 Å². The molecule has 4 N–H and O–H groups in total. The molecule has 0 heterocycles. The fourth-order valence-electron chi connectivity index (χ4n) is 0.973. The van der Waals surface area contributed by atoms with Crippen molar-refractivity contribution in [2.75, 3.05) is 6.54 Å². The van der Waals surface area contributed by atoms with E-state index in [-0.39, 0.29) is 17.9 Å². The summed E-state index contributed by atoms with van der Waals surface area (Å²) in [6, 6.07) is 4.00. The number of hydrogen-bond donors (Lipinski definition) is 3. The molecule has 0 aromatic heterocycles. The van der Waals surface area contributed by atoms with Crippen molar-refractivity contribution in [3.8, 4) is 0 Å². The van der Waals surface area contributed by atoms with Crippen LogP contribution >= 0.6 is 15.9 Å². The molecule has 0 atom stereocenters. The summed E-state index contributed by atoms with van der Waals surface area (Å²) in [7, 11) is 0. The van der Waals surface area contributed by atoms with E-state index in [9.17, 15) is 9.18 Å². The van der Waals surface area contributed by atoms with E-state index < -0.39 is 11.7 Å². The third kappa shape index (κ3) is 3.20. The number of amides is 1. The van der Waals surface area contributed by atoms with E-state index >= 15 is 0 Å². The van der Waals surface area contributed by atoms with Gasteiger partial charge in [-0.15, -0.1) is 0 Å². The maximum atomic E-state index is 13.2. The van der Waals surface area contributed by atoms with Crippen LogP contribution in [0.15, 0.2) is 27.8 Å². The molecule has 0 saturated heterocycles. The molecular formula is C9H9BrFN3O2. The number of amidine groups is 1. The first-order valence-corrected chi connectivity index (χ1v) is 5.03. The Kier molecular flexibility index (Phi) is 4.24. The van der Waals surface area contributed by atoms with Crippen molar-refractivity contribution in [1.82, 2.24) is 5.32 Å². The standard InChI is InChI=1S/C9H9BrFN3O2/c10-5-1-2-7(11)6(3-5)9(15)13-4-8(12)14-16/h1-3,16H,4H2,(H2,12,14)(H,13,15). The lowest BCUT2D eigenvalue weighted by molar-refractivity contribution is 0.0955. The lowest BCUT2D eigenvalue weighted by atomic mass is 10.2. The van der Waals surface area contributed by atoms with Crippen LogP contribution in [0, 0.1) is 5.82 Å². The highest BCUT2D eigenvalue weighted by molar-refractivity contribution is 9.10. The molecule has 0 aliphatic carbocycles. The first-order chi connectivity index (χ1) is 7.54. The van der Waals surface area contributed by atoms with Gasteiger partial charge in [-0.2, -0.15) is 0 Å². The van der Waals surface area contributed by atoms with Crippen LogP contribution in [0.25, 0.3) is 0 Å². The van der Waals surface area contributed by atoms with Crippen molar-refractivity contribution in [3.63, 3.8) is 0 Å². The summed E-state index contributed by atoms with van der Waals surface area (Å²) in [6.45, 7) is -0.152. The number of benzene rings is 1. The van der Waals surface area contributed by atoms with E-state index in [0.717, 1.165) is 0 Å². The highest BCUT2D eigenvalue weighted by Crippen LogP contribution is 2.15. The highest BCUT2D eigenvalue weighted by atomic mass is 79.9. The zero-order valence-corrected chi connectivity index (χ0v) is 9.66. The van der Waals surface area contributed by atoms with Gasteiger partial charge < -0.3 is 16.3 Å².